The van der Waals surface area contributed by atoms with Gasteiger partial charge in [0.1, 0.15) is 0 Å². The molecule has 0 aliphatic heterocycles. The van der Waals surface area contributed by atoms with Crippen molar-refractivity contribution < 1.29 is 13.2 Å². The maximum atomic E-state index is 12.3. The topological polar surface area (TPSA) is 116 Å². The van der Waals surface area contributed by atoms with E-state index in [2.05, 4.69) is 4.99 Å². The second-order valence-electron chi connectivity index (χ2n) is 6.11. The fourth-order valence-corrected chi connectivity index (χ4v) is 4.68. The third-order valence-electron chi connectivity index (χ3n) is 4.31. The lowest BCUT2D eigenvalue weighted by atomic mass is 9.83. The summed E-state index contributed by atoms with van der Waals surface area (Å²) in [5.41, 5.74) is 11.9. The van der Waals surface area contributed by atoms with Crippen molar-refractivity contribution in [2.75, 3.05) is 6.26 Å². The zero-order valence-corrected chi connectivity index (χ0v) is 14.3. The van der Waals surface area contributed by atoms with Crippen molar-refractivity contribution in [1.29, 1.82) is 0 Å². The molecule has 1 aliphatic rings. The van der Waals surface area contributed by atoms with E-state index in [4.69, 9.17) is 11.5 Å². The molecule has 1 aliphatic carbocycles. The molecular weight excluding hydrogens is 314 g/mol. The molecule has 126 valence electrons. The van der Waals surface area contributed by atoms with Crippen LogP contribution in [0, 0.1) is 6.92 Å². The highest BCUT2D eigenvalue weighted by atomic mass is 32.2. The van der Waals surface area contributed by atoms with Gasteiger partial charge >= 0.3 is 0 Å². The summed E-state index contributed by atoms with van der Waals surface area (Å²) in [5, 5.41) is 0. The second kappa shape index (κ2) is 6.70. The number of hydrogen-bond acceptors (Lipinski definition) is 3. The highest BCUT2D eigenvalue weighted by molar-refractivity contribution is 7.90. The smallest absolute Gasteiger partial charge is 0.280 e. The minimum absolute atomic E-state index is 0.221. The van der Waals surface area contributed by atoms with Crippen molar-refractivity contribution in [2.45, 2.75) is 49.8 Å². The molecule has 0 spiro atoms. The molecule has 1 aromatic rings. The molecule has 6 nitrogen and oxygen atoms in total. The van der Waals surface area contributed by atoms with Crippen LogP contribution >= 0.6 is 0 Å². The van der Waals surface area contributed by atoms with Crippen molar-refractivity contribution in [1.82, 2.24) is 0 Å². The molecule has 0 radical (unpaired) electrons. The van der Waals surface area contributed by atoms with Crippen molar-refractivity contribution in [2.24, 2.45) is 16.5 Å². The summed E-state index contributed by atoms with van der Waals surface area (Å²) >= 11 is 0. The normalized spacial score (nSPS) is 16.1. The average molecular weight is 337 g/mol. The maximum Gasteiger partial charge on any atom is 0.280 e. The quantitative estimate of drug-likeness (QED) is 0.645. The second-order valence-corrected chi connectivity index (χ2v) is 8.06. The van der Waals surface area contributed by atoms with E-state index in [0.29, 0.717) is 5.56 Å². The molecule has 1 aromatic carbocycles. The summed E-state index contributed by atoms with van der Waals surface area (Å²) in [6.07, 6.45) is 6.51. The van der Waals surface area contributed by atoms with Gasteiger partial charge in [0.05, 0.1) is 4.90 Å². The predicted molar refractivity (Wildman–Crippen MR) is 90.3 cm³/mol. The summed E-state index contributed by atoms with van der Waals surface area (Å²) in [5.74, 6) is -0.742. The number of nitrogens with two attached hydrogens (primary N) is 2. The van der Waals surface area contributed by atoms with E-state index in [9.17, 15) is 13.2 Å². The van der Waals surface area contributed by atoms with Gasteiger partial charge in [-0.25, -0.2) is 8.42 Å². The van der Waals surface area contributed by atoms with E-state index in [1.165, 1.54) is 12.7 Å². The molecule has 4 N–H and O–H groups in total. The summed E-state index contributed by atoms with van der Waals surface area (Å²) in [4.78, 5) is 15.9. The Hall–Kier alpha value is -1.89. The van der Waals surface area contributed by atoms with E-state index in [1.54, 1.807) is 19.1 Å². The number of hydrogen-bond donors (Lipinski definition) is 2. The molecule has 0 aromatic heterocycles. The Bertz CT molecular complexity index is 744. The van der Waals surface area contributed by atoms with Crippen LogP contribution in [0.2, 0.25) is 0 Å². The zero-order chi connectivity index (χ0) is 17.2. The number of aliphatic imine (C=N–C) groups is 1. The molecule has 0 heterocycles. The molecule has 23 heavy (non-hydrogen) atoms. The number of amides is 1. The van der Waals surface area contributed by atoms with Gasteiger partial charge in [-0.3, -0.25) is 4.79 Å². The van der Waals surface area contributed by atoms with Gasteiger partial charge in [-0.1, -0.05) is 25.3 Å². The first-order valence-corrected chi connectivity index (χ1v) is 9.58. The fraction of sp³-hybridized carbons (Fsp3) is 0.500. The van der Waals surface area contributed by atoms with Crippen LogP contribution < -0.4 is 11.5 Å². The monoisotopic (exact) mass is 337 g/mol. The Labute approximate surface area is 136 Å². The lowest BCUT2D eigenvalue weighted by Crippen LogP contribution is -2.24. The fourth-order valence-electron chi connectivity index (χ4n) is 3.35. The summed E-state index contributed by atoms with van der Waals surface area (Å²) < 4.78 is 24.6. The van der Waals surface area contributed by atoms with Crippen LogP contribution in [0.15, 0.2) is 22.0 Å². The third-order valence-corrected chi connectivity index (χ3v) is 5.60. The Morgan fingerprint density at radius 1 is 1.17 bits per heavy atom. The number of carbonyl (C=O) groups is 1. The maximum absolute atomic E-state index is 12.3. The van der Waals surface area contributed by atoms with Gasteiger partial charge in [-0.05, 0) is 42.9 Å². The number of guanidine groups is 1. The van der Waals surface area contributed by atoms with Gasteiger partial charge in [0.25, 0.3) is 5.91 Å². The zero-order valence-electron chi connectivity index (χ0n) is 13.5. The van der Waals surface area contributed by atoms with E-state index >= 15 is 0 Å². The van der Waals surface area contributed by atoms with Gasteiger partial charge in [0, 0.05) is 11.8 Å². The first-order valence-electron chi connectivity index (χ1n) is 7.69. The van der Waals surface area contributed by atoms with E-state index in [1.807, 2.05) is 0 Å². The molecule has 0 bridgehead atoms. The molecule has 0 atom stereocenters. The summed E-state index contributed by atoms with van der Waals surface area (Å²) in [6, 6.07) is 3.37. The third kappa shape index (κ3) is 3.90. The van der Waals surface area contributed by atoms with Crippen molar-refractivity contribution in [3.63, 3.8) is 0 Å². The van der Waals surface area contributed by atoms with Crippen LogP contribution in [0.5, 0.6) is 0 Å². The van der Waals surface area contributed by atoms with Crippen molar-refractivity contribution in [3.05, 3.63) is 28.8 Å². The minimum atomic E-state index is -3.46. The molecule has 2 rings (SSSR count). The van der Waals surface area contributed by atoms with E-state index < -0.39 is 15.7 Å². The highest BCUT2D eigenvalue weighted by Gasteiger charge is 2.26. The molecule has 1 amide bonds. The molecule has 7 heteroatoms. The van der Waals surface area contributed by atoms with Crippen molar-refractivity contribution in [3.8, 4) is 0 Å². The lowest BCUT2D eigenvalue weighted by Gasteiger charge is -2.25. The SMILES string of the molecule is Cc1c(C(=O)N=C(N)N)ccc(C2CCCCC2)c1S(C)(=O)=O. The van der Waals surface area contributed by atoms with E-state index in [-0.39, 0.29) is 22.3 Å². The Morgan fingerprint density at radius 2 is 1.78 bits per heavy atom. The minimum Gasteiger partial charge on any atom is -0.370 e. The first kappa shape index (κ1) is 17.5. The molecule has 0 unspecified atom stereocenters. The molecular formula is C16H23N3O3S. The Morgan fingerprint density at radius 3 is 2.30 bits per heavy atom. The lowest BCUT2D eigenvalue weighted by molar-refractivity contribution is 0.100. The van der Waals surface area contributed by atoms with Crippen LogP contribution in [0.25, 0.3) is 0 Å². The van der Waals surface area contributed by atoms with Gasteiger partial charge in [0.2, 0.25) is 0 Å². The Balaban J connectivity index is 2.60. The predicted octanol–water partition coefficient (Wildman–Crippen LogP) is 1.86. The van der Waals surface area contributed by atoms with Crippen LogP contribution in [-0.2, 0) is 9.84 Å². The van der Waals surface area contributed by atoms with Crippen LogP contribution in [0.4, 0.5) is 0 Å². The van der Waals surface area contributed by atoms with Gasteiger partial charge in [0.15, 0.2) is 15.8 Å². The summed E-state index contributed by atoms with van der Waals surface area (Å²) in [6.45, 7) is 1.64. The largest absolute Gasteiger partial charge is 0.370 e. The number of carbonyl (C=O) groups excluding carboxylic acids is 1. The number of nitrogens with zero attached hydrogens (tertiary/aromatic N) is 1. The van der Waals surface area contributed by atoms with Gasteiger partial charge in [-0.2, -0.15) is 4.99 Å². The van der Waals surface area contributed by atoms with Gasteiger partial charge < -0.3 is 11.5 Å². The van der Waals surface area contributed by atoms with Crippen molar-refractivity contribution >= 4 is 21.7 Å². The van der Waals surface area contributed by atoms with Crippen LogP contribution in [-0.4, -0.2) is 26.5 Å². The van der Waals surface area contributed by atoms with Crippen LogP contribution in [0.3, 0.4) is 0 Å². The van der Waals surface area contributed by atoms with E-state index in [0.717, 1.165) is 31.2 Å². The molecule has 1 fully saturated rings. The number of benzene rings is 1. The average Bonchev–Trinajstić information content (AvgIpc) is 2.45. The van der Waals surface area contributed by atoms with Crippen LogP contribution in [0.1, 0.15) is 59.5 Å². The molecule has 1 saturated carbocycles. The summed E-state index contributed by atoms with van der Waals surface area (Å²) in [7, 11) is -3.46. The number of sulfone groups is 1. The number of rotatable bonds is 3. The standard InChI is InChI=1S/C16H23N3O3S/c1-10-12(15(20)19-16(17)18)8-9-13(14(10)23(2,21)22)11-6-4-3-5-7-11/h8-9,11H,3-7H2,1-2H3,(H4,17,18,19,20). The Kier molecular flexibility index (Phi) is 5.09. The molecule has 0 saturated heterocycles. The first-order chi connectivity index (χ1) is 10.7. The highest BCUT2D eigenvalue weighted by Crippen LogP contribution is 2.38. The van der Waals surface area contributed by atoms with Gasteiger partial charge in [-0.15, -0.1) is 0 Å².